The molecule has 0 fully saturated rings. The monoisotopic (exact) mass is 351 g/mol. The number of benzene rings is 2. The Morgan fingerprint density at radius 2 is 2.00 bits per heavy atom. The van der Waals surface area contributed by atoms with Gasteiger partial charge >= 0.3 is 0 Å². The molecule has 0 saturated heterocycles. The van der Waals surface area contributed by atoms with Crippen molar-refractivity contribution < 1.29 is 14.5 Å². The second kappa shape index (κ2) is 8.44. The molecule has 1 amide bonds. The van der Waals surface area contributed by atoms with Gasteiger partial charge in [-0.15, -0.1) is 0 Å². The summed E-state index contributed by atoms with van der Waals surface area (Å²) in [5.74, 6) is 0.0438. The second-order valence-electron chi connectivity index (χ2n) is 5.35. The molecule has 132 valence electrons. The van der Waals surface area contributed by atoms with Crippen molar-refractivity contribution in [3.63, 3.8) is 0 Å². The number of methoxy groups -OCH3 is 1. The average molecular weight is 351 g/mol. The number of carbonyl (C=O) groups excluding carboxylic acids is 1. The summed E-state index contributed by atoms with van der Waals surface area (Å²) in [5.41, 5.74) is 1.32. The molecule has 0 saturated carbocycles. The van der Waals surface area contributed by atoms with Crippen molar-refractivity contribution in [2.75, 3.05) is 12.4 Å². The largest absolute Gasteiger partial charge is 0.497 e. The summed E-state index contributed by atoms with van der Waals surface area (Å²) < 4.78 is 5.04. The minimum atomic E-state index is -0.597. The van der Waals surface area contributed by atoms with E-state index in [4.69, 9.17) is 4.74 Å². The number of hydrogen-bond acceptors (Lipinski definition) is 5. The highest BCUT2D eigenvalue weighted by molar-refractivity contribution is 6.09. The van der Waals surface area contributed by atoms with E-state index in [1.54, 1.807) is 36.4 Å². The van der Waals surface area contributed by atoms with Gasteiger partial charge in [-0.3, -0.25) is 14.9 Å². The standard InChI is InChI=1S/C19H17N3O4/c1-3-14-5-4-13(11-18(14)22(24)25)10-15(12-20)19(23)21-16-6-8-17(26-2)9-7-16/h4-11H,3H2,1-2H3,(H,21,23)/b15-10+. The zero-order valence-corrected chi connectivity index (χ0v) is 14.4. The third-order valence-electron chi connectivity index (χ3n) is 3.71. The third kappa shape index (κ3) is 4.45. The van der Waals surface area contributed by atoms with Crippen LogP contribution in [0.4, 0.5) is 11.4 Å². The molecule has 0 bridgehead atoms. The van der Waals surface area contributed by atoms with Crippen LogP contribution in [0, 0.1) is 21.4 Å². The van der Waals surface area contributed by atoms with Crippen molar-refractivity contribution in [2.24, 2.45) is 0 Å². The Morgan fingerprint density at radius 3 is 2.54 bits per heavy atom. The molecular weight excluding hydrogens is 334 g/mol. The predicted octanol–water partition coefficient (Wildman–Crippen LogP) is 3.71. The van der Waals surface area contributed by atoms with Gasteiger partial charge in [0.2, 0.25) is 0 Å². The lowest BCUT2D eigenvalue weighted by Gasteiger charge is -2.06. The minimum absolute atomic E-state index is 0.0332. The number of nitro groups is 1. The van der Waals surface area contributed by atoms with Crippen LogP contribution < -0.4 is 10.1 Å². The van der Waals surface area contributed by atoms with E-state index in [1.165, 1.54) is 19.3 Å². The first-order valence-electron chi connectivity index (χ1n) is 7.83. The van der Waals surface area contributed by atoms with E-state index < -0.39 is 10.8 Å². The Bertz CT molecular complexity index is 896. The summed E-state index contributed by atoms with van der Waals surface area (Å²) >= 11 is 0. The van der Waals surface area contributed by atoms with Crippen LogP contribution in [0.5, 0.6) is 5.75 Å². The van der Waals surface area contributed by atoms with Crippen LogP contribution in [0.2, 0.25) is 0 Å². The van der Waals surface area contributed by atoms with Gasteiger partial charge in [-0.1, -0.05) is 19.1 Å². The fourth-order valence-electron chi connectivity index (χ4n) is 2.33. The van der Waals surface area contributed by atoms with Gasteiger partial charge in [0.25, 0.3) is 11.6 Å². The molecule has 0 unspecified atom stereocenters. The molecule has 26 heavy (non-hydrogen) atoms. The van der Waals surface area contributed by atoms with Gasteiger partial charge < -0.3 is 10.1 Å². The Kier molecular flexibility index (Phi) is 6.06. The number of aryl methyl sites for hydroxylation is 1. The van der Waals surface area contributed by atoms with Crippen molar-refractivity contribution in [2.45, 2.75) is 13.3 Å². The SMILES string of the molecule is CCc1ccc(/C=C(\C#N)C(=O)Nc2ccc(OC)cc2)cc1[N+](=O)[O-]. The fraction of sp³-hybridized carbons (Fsp3) is 0.158. The maximum atomic E-state index is 12.3. The lowest BCUT2D eigenvalue weighted by atomic mass is 10.0. The molecule has 0 heterocycles. The second-order valence-corrected chi connectivity index (χ2v) is 5.35. The third-order valence-corrected chi connectivity index (χ3v) is 3.71. The normalized spacial score (nSPS) is 10.7. The summed E-state index contributed by atoms with van der Waals surface area (Å²) in [6.45, 7) is 1.82. The molecule has 0 atom stereocenters. The zero-order chi connectivity index (χ0) is 19.1. The Morgan fingerprint density at radius 1 is 1.31 bits per heavy atom. The Hall–Kier alpha value is -3.66. The maximum Gasteiger partial charge on any atom is 0.273 e. The first-order chi connectivity index (χ1) is 12.5. The highest BCUT2D eigenvalue weighted by Gasteiger charge is 2.14. The van der Waals surface area contributed by atoms with Crippen LogP contribution in [-0.4, -0.2) is 17.9 Å². The maximum absolute atomic E-state index is 12.3. The zero-order valence-electron chi connectivity index (χ0n) is 14.4. The number of rotatable bonds is 6. The van der Waals surface area contributed by atoms with Gasteiger partial charge in [0, 0.05) is 17.3 Å². The van der Waals surface area contributed by atoms with E-state index >= 15 is 0 Å². The quantitative estimate of drug-likeness (QED) is 0.370. The molecule has 2 aromatic rings. The summed E-state index contributed by atoms with van der Waals surface area (Å²) in [7, 11) is 1.53. The van der Waals surface area contributed by atoms with E-state index in [-0.39, 0.29) is 11.3 Å². The first kappa shape index (κ1) is 18.7. The number of amides is 1. The van der Waals surface area contributed by atoms with Crippen molar-refractivity contribution in [3.8, 4) is 11.8 Å². The number of hydrogen-bond donors (Lipinski definition) is 1. The molecular formula is C19H17N3O4. The highest BCUT2D eigenvalue weighted by Crippen LogP contribution is 2.23. The van der Waals surface area contributed by atoms with Crippen LogP contribution in [0.1, 0.15) is 18.1 Å². The molecule has 0 aliphatic heterocycles. The molecule has 1 N–H and O–H groups in total. The number of nitrogens with one attached hydrogen (secondary N) is 1. The van der Waals surface area contributed by atoms with Crippen LogP contribution >= 0.6 is 0 Å². The van der Waals surface area contributed by atoms with Crippen LogP contribution in [-0.2, 0) is 11.2 Å². The van der Waals surface area contributed by atoms with Crippen LogP contribution in [0.15, 0.2) is 48.0 Å². The molecule has 0 radical (unpaired) electrons. The van der Waals surface area contributed by atoms with Gasteiger partial charge in [-0.25, -0.2) is 0 Å². The molecule has 2 rings (SSSR count). The van der Waals surface area contributed by atoms with E-state index in [0.717, 1.165) is 0 Å². The van der Waals surface area contributed by atoms with Crippen molar-refractivity contribution in [1.29, 1.82) is 5.26 Å². The Labute approximate surface area is 150 Å². The molecule has 0 spiro atoms. The lowest BCUT2D eigenvalue weighted by Crippen LogP contribution is -2.13. The number of ether oxygens (including phenoxy) is 1. The highest BCUT2D eigenvalue weighted by atomic mass is 16.6. The number of nitrogens with zero attached hydrogens (tertiary/aromatic N) is 2. The van der Waals surface area contributed by atoms with Gasteiger partial charge in [-0.2, -0.15) is 5.26 Å². The summed E-state index contributed by atoms with van der Waals surface area (Å²) in [6, 6.07) is 13.1. The number of carbonyl (C=O) groups is 1. The summed E-state index contributed by atoms with van der Waals surface area (Å²) in [6.07, 6.45) is 1.84. The summed E-state index contributed by atoms with van der Waals surface area (Å²) in [4.78, 5) is 23.0. The van der Waals surface area contributed by atoms with Gasteiger partial charge in [0.1, 0.15) is 17.4 Å². The van der Waals surface area contributed by atoms with E-state index in [1.807, 2.05) is 13.0 Å². The van der Waals surface area contributed by atoms with Gasteiger partial charge in [0.05, 0.1) is 12.0 Å². The van der Waals surface area contributed by atoms with Crippen molar-refractivity contribution >= 4 is 23.4 Å². The van der Waals surface area contributed by atoms with Gasteiger partial charge in [-0.05, 0) is 42.3 Å². The minimum Gasteiger partial charge on any atom is -0.497 e. The van der Waals surface area contributed by atoms with Gasteiger partial charge in [0.15, 0.2) is 0 Å². The molecule has 0 aliphatic rings. The molecule has 2 aromatic carbocycles. The number of anilines is 1. The Balaban J connectivity index is 2.26. The average Bonchev–Trinajstić information content (AvgIpc) is 2.66. The molecule has 7 nitrogen and oxygen atoms in total. The number of nitro benzene ring substituents is 1. The van der Waals surface area contributed by atoms with Crippen molar-refractivity contribution in [1.82, 2.24) is 0 Å². The van der Waals surface area contributed by atoms with Crippen molar-refractivity contribution in [3.05, 3.63) is 69.3 Å². The molecule has 0 aliphatic carbocycles. The number of nitriles is 1. The van der Waals surface area contributed by atoms with Crippen LogP contribution in [0.3, 0.4) is 0 Å². The summed E-state index contributed by atoms with van der Waals surface area (Å²) in [5, 5.41) is 23.0. The van der Waals surface area contributed by atoms with E-state index in [9.17, 15) is 20.2 Å². The predicted molar refractivity (Wildman–Crippen MR) is 97.7 cm³/mol. The smallest absolute Gasteiger partial charge is 0.273 e. The van der Waals surface area contributed by atoms with E-state index in [0.29, 0.717) is 29.0 Å². The molecule has 7 heteroatoms. The van der Waals surface area contributed by atoms with E-state index in [2.05, 4.69) is 5.32 Å². The lowest BCUT2D eigenvalue weighted by molar-refractivity contribution is -0.385. The fourth-order valence-corrected chi connectivity index (χ4v) is 2.33. The van der Waals surface area contributed by atoms with Crippen LogP contribution in [0.25, 0.3) is 6.08 Å². The molecule has 0 aromatic heterocycles. The first-order valence-corrected chi connectivity index (χ1v) is 7.83. The topological polar surface area (TPSA) is 105 Å².